The summed E-state index contributed by atoms with van der Waals surface area (Å²) in [6, 6.07) is 3.35. The molecule has 6 heteroatoms. The first kappa shape index (κ1) is 12.7. The molecule has 1 atom stereocenters. The summed E-state index contributed by atoms with van der Waals surface area (Å²) in [5.74, 6) is 0.411. The lowest BCUT2D eigenvalue weighted by atomic mass is 10.2. The fraction of sp³-hybridized carbons (Fsp3) is 0.455. The fourth-order valence-corrected chi connectivity index (χ4v) is 2.03. The van der Waals surface area contributed by atoms with Gasteiger partial charge in [-0.1, -0.05) is 0 Å². The van der Waals surface area contributed by atoms with E-state index >= 15 is 0 Å². The van der Waals surface area contributed by atoms with Crippen molar-refractivity contribution in [3.63, 3.8) is 0 Å². The van der Waals surface area contributed by atoms with Crippen LogP contribution in [-0.4, -0.2) is 19.3 Å². The van der Waals surface area contributed by atoms with E-state index in [0.29, 0.717) is 23.4 Å². The van der Waals surface area contributed by atoms with Crippen LogP contribution < -0.4 is 4.74 Å². The van der Waals surface area contributed by atoms with Gasteiger partial charge in [-0.3, -0.25) is 0 Å². The summed E-state index contributed by atoms with van der Waals surface area (Å²) < 4.78 is 48.2. The standard InChI is InChI=1S/C11H10BrF3O2/c12-9-5-7(11(13,14)15)1-2-10(9)17-8-3-4-16-6-8/h1-2,5,8H,3-4,6H2/t8-/m0/s1. The maximum Gasteiger partial charge on any atom is 0.416 e. The Labute approximate surface area is 105 Å². The van der Waals surface area contributed by atoms with Crippen molar-refractivity contribution < 1.29 is 22.6 Å². The molecule has 1 fully saturated rings. The minimum Gasteiger partial charge on any atom is -0.487 e. The highest BCUT2D eigenvalue weighted by Gasteiger charge is 2.31. The zero-order chi connectivity index (χ0) is 12.5. The molecule has 0 spiro atoms. The minimum atomic E-state index is -4.34. The Balaban J connectivity index is 2.14. The molecular formula is C11H10BrF3O2. The van der Waals surface area contributed by atoms with Crippen LogP contribution in [0.25, 0.3) is 0 Å². The van der Waals surface area contributed by atoms with Crippen molar-refractivity contribution in [3.8, 4) is 5.75 Å². The largest absolute Gasteiger partial charge is 0.487 e. The van der Waals surface area contributed by atoms with Gasteiger partial charge in [0.1, 0.15) is 11.9 Å². The van der Waals surface area contributed by atoms with E-state index in [-0.39, 0.29) is 6.10 Å². The van der Waals surface area contributed by atoms with Crippen molar-refractivity contribution in [2.45, 2.75) is 18.7 Å². The summed E-state index contributed by atoms with van der Waals surface area (Å²) in [6.07, 6.45) is -3.66. The van der Waals surface area contributed by atoms with Gasteiger partial charge in [-0.05, 0) is 34.1 Å². The SMILES string of the molecule is FC(F)(F)c1ccc(O[C@H]2CCOC2)c(Br)c1. The number of hydrogen-bond acceptors (Lipinski definition) is 2. The summed E-state index contributed by atoms with van der Waals surface area (Å²) in [5, 5.41) is 0. The van der Waals surface area contributed by atoms with Gasteiger partial charge >= 0.3 is 6.18 Å². The molecule has 0 amide bonds. The molecule has 0 bridgehead atoms. The third kappa shape index (κ3) is 3.13. The summed E-state index contributed by atoms with van der Waals surface area (Å²) in [4.78, 5) is 0. The topological polar surface area (TPSA) is 18.5 Å². The zero-order valence-electron chi connectivity index (χ0n) is 8.76. The Morgan fingerprint density at radius 1 is 1.35 bits per heavy atom. The molecule has 1 saturated heterocycles. The molecule has 0 aromatic heterocycles. The smallest absolute Gasteiger partial charge is 0.416 e. The number of rotatable bonds is 2. The lowest BCUT2D eigenvalue weighted by molar-refractivity contribution is -0.137. The van der Waals surface area contributed by atoms with E-state index in [4.69, 9.17) is 9.47 Å². The fourth-order valence-electron chi connectivity index (χ4n) is 1.56. The Morgan fingerprint density at radius 3 is 2.65 bits per heavy atom. The van der Waals surface area contributed by atoms with Gasteiger partial charge in [0.2, 0.25) is 0 Å². The second-order valence-corrected chi connectivity index (χ2v) is 4.60. The normalized spacial score (nSPS) is 20.6. The van der Waals surface area contributed by atoms with Gasteiger partial charge in [0.15, 0.2) is 0 Å². The molecule has 1 aliphatic rings. The number of alkyl halides is 3. The molecule has 2 nitrogen and oxygen atoms in total. The molecule has 1 aromatic carbocycles. The predicted molar refractivity (Wildman–Crippen MR) is 59.0 cm³/mol. The van der Waals surface area contributed by atoms with Crippen LogP contribution >= 0.6 is 15.9 Å². The molecule has 94 valence electrons. The van der Waals surface area contributed by atoms with Crippen LogP contribution in [0.5, 0.6) is 5.75 Å². The minimum absolute atomic E-state index is 0.0805. The first-order valence-electron chi connectivity index (χ1n) is 5.08. The van der Waals surface area contributed by atoms with E-state index in [1.165, 1.54) is 6.07 Å². The van der Waals surface area contributed by atoms with Gasteiger partial charge in [-0.25, -0.2) is 0 Å². The maximum absolute atomic E-state index is 12.4. The molecule has 1 heterocycles. The van der Waals surface area contributed by atoms with Gasteiger partial charge in [-0.15, -0.1) is 0 Å². The van der Waals surface area contributed by atoms with E-state index in [2.05, 4.69) is 15.9 Å². The number of hydrogen-bond donors (Lipinski definition) is 0. The van der Waals surface area contributed by atoms with E-state index in [0.717, 1.165) is 18.6 Å². The average Bonchev–Trinajstić information content (AvgIpc) is 2.72. The monoisotopic (exact) mass is 310 g/mol. The van der Waals surface area contributed by atoms with Crippen LogP contribution in [0, 0.1) is 0 Å². The molecule has 1 aliphatic heterocycles. The number of ether oxygens (including phenoxy) is 2. The summed E-state index contributed by atoms with van der Waals surface area (Å²) in [6.45, 7) is 1.11. The highest BCUT2D eigenvalue weighted by atomic mass is 79.9. The van der Waals surface area contributed by atoms with Crippen molar-refractivity contribution in [2.75, 3.05) is 13.2 Å². The first-order valence-corrected chi connectivity index (χ1v) is 5.87. The first-order chi connectivity index (χ1) is 7.97. The Hall–Kier alpha value is -0.750. The van der Waals surface area contributed by atoms with Crippen molar-refractivity contribution in [3.05, 3.63) is 28.2 Å². The molecule has 0 N–H and O–H groups in total. The van der Waals surface area contributed by atoms with Gasteiger partial charge in [-0.2, -0.15) is 13.2 Å². The summed E-state index contributed by atoms with van der Waals surface area (Å²) >= 11 is 3.08. The predicted octanol–water partition coefficient (Wildman–Crippen LogP) is 3.64. The van der Waals surface area contributed by atoms with E-state index < -0.39 is 11.7 Å². The quantitative estimate of drug-likeness (QED) is 0.830. The molecule has 17 heavy (non-hydrogen) atoms. The van der Waals surface area contributed by atoms with Crippen LogP contribution in [0.4, 0.5) is 13.2 Å². The van der Waals surface area contributed by atoms with Gasteiger partial charge in [0.25, 0.3) is 0 Å². The van der Waals surface area contributed by atoms with Crippen molar-refractivity contribution in [1.82, 2.24) is 0 Å². The second kappa shape index (κ2) is 4.86. The Bertz CT molecular complexity index is 400. The van der Waals surface area contributed by atoms with Gasteiger partial charge < -0.3 is 9.47 Å². The maximum atomic E-state index is 12.4. The Kier molecular flexibility index (Phi) is 3.63. The molecular weight excluding hydrogens is 301 g/mol. The molecule has 2 rings (SSSR count). The zero-order valence-corrected chi connectivity index (χ0v) is 10.3. The van der Waals surface area contributed by atoms with E-state index in [1.807, 2.05) is 0 Å². The molecule has 0 radical (unpaired) electrons. The van der Waals surface area contributed by atoms with Crippen molar-refractivity contribution in [1.29, 1.82) is 0 Å². The third-order valence-electron chi connectivity index (χ3n) is 2.44. The van der Waals surface area contributed by atoms with Crippen LogP contribution in [-0.2, 0) is 10.9 Å². The van der Waals surface area contributed by atoms with Gasteiger partial charge in [0, 0.05) is 6.42 Å². The molecule has 0 aliphatic carbocycles. The third-order valence-corrected chi connectivity index (χ3v) is 3.06. The van der Waals surface area contributed by atoms with Crippen molar-refractivity contribution >= 4 is 15.9 Å². The van der Waals surface area contributed by atoms with Crippen LogP contribution in [0.2, 0.25) is 0 Å². The number of benzene rings is 1. The molecule has 0 saturated carbocycles. The van der Waals surface area contributed by atoms with Crippen LogP contribution in [0.15, 0.2) is 22.7 Å². The van der Waals surface area contributed by atoms with Crippen LogP contribution in [0.3, 0.4) is 0 Å². The second-order valence-electron chi connectivity index (χ2n) is 3.75. The van der Waals surface area contributed by atoms with E-state index in [9.17, 15) is 13.2 Å². The highest BCUT2D eigenvalue weighted by molar-refractivity contribution is 9.10. The highest BCUT2D eigenvalue weighted by Crippen LogP contribution is 2.35. The van der Waals surface area contributed by atoms with Crippen LogP contribution in [0.1, 0.15) is 12.0 Å². The van der Waals surface area contributed by atoms with E-state index in [1.54, 1.807) is 0 Å². The summed E-state index contributed by atoms with van der Waals surface area (Å²) in [5.41, 5.74) is -0.695. The molecule has 1 aromatic rings. The van der Waals surface area contributed by atoms with Gasteiger partial charge in [0.05, 0.1) is 23.2 Å². The summed E-state index contributed by atoms with van der Waals surface area (Å²) in [7, 11) is 0. The average molecular weight is 311 g/mol. The lowest BCUT2D eigenvalue weighted by Gasteiger charge is -2.14. The lowest BCUT2D eigenvalue weighted by Crippen LogP contribution is -2.16. The Morgan fingerprint density at radius 2 is 2.12 bits per heavy atom. The van der Waals surface area contributed by atoms with Crippen molar-refractivity contribution in [2.24, 2.45) is 0 Å². The molecule has 0 unspecified atom stereocenters. The number of halogens is 4.